The maximum Gasteiger partial charge on any atom is 0.240 e. The number of hydrogen-bond acceptors (Lipinski definition) is 3. The zero-order valence-electron chi connectivity index (χ0n) is 13.6. The van der Waals surface area contributed by atoms with E-state index in [0.29, 0.717) is 0 Å². The molecule has 0 saturated carbocycles. The predicted octanol–water partition coefficient (Wildman–Crippen LogP) is 2.67. The van der Waals surface area contributed by atoms with Crippen molar-refractivity contribution < 1.29 is 13.5 Å². The van der Waals surface area contributed by atoms with E-state index in [1.807, 2.05) is 26.0 Å². The van der Waals surface area contributed by atoms with Gasteiger partial charge in [0, 0.05) is 6.04 Å². The first-order chi connectivity index (χ1) is 9.61. The van der Waals surface area contributed by atoms with Crippen LogP contribution in [-0.4, -0.2) is 26.2 Å². The van der Waals surface area contributed by atoms with Crippen molar-refractivity contribution in [3.63, 3.8) is 0 Å². The van der Waals surface area contributed by atoms with Gasteiger partial charge in [0.1, 0.15) is 0 Å². The lowest BCUT2D eigenvalue weighted by atomic mass is 9.87. The number of benzene rings is 1. The molecule has 0 spiro atoms. The van der Waals surface area contributed by atoms with Crippen LogP contribution in [0.3, 0.4) is 0 Å². The Kier molecular flexibility index (Phi) is 5.96. The van der Waals surface area contributed by atoms with Crippen LogP contribution >= 0.6 is 0 Å². The lowest BCUT2D eigenvalue weighted by molar-refractivity contribution is 0.219. The summed E-state index contributed by atoms with van der Waals surface area (Å²) in [6.45, 7) is 9.94. The van der Waals surface area contributed by atoms with Gasteiger partial charge < -0.3 is 5.11 Å². The van der Waals surface area contributed by atoms with Gasteiger partial charge in [-0.1, -0.05) is 53.2 Å². The fourth-order valence-corrected chi connectivity index (χ4v) is 3.36. The van der Waals surface area contributed by atoms with Crippen molar-refractivity contribution in [2.45, 2.75) is 57.4 Å². The van der Waals surface area contributed by atoms with E-state index in [2.05, 4.69) is 25.5 Å². The van der Waals surface area contributed by atoms with Crippen LogP contribution in [0.2, 0.25) is 0 Å². The first-order valence-electron chi connectivity index (χ1n) is 7.35. The molecule has 0 radical (unpaired) electrons. The molecule has 0 saturated heterocycles. The molecule has 120 valence electrons. The van der Waals surface area contributed by atoms with Gasteiger partial charge in [-0.3, -0.25) is 0 Å². The molecule has 21 heavy (non-hydrogen) atoms. The van der Waals surface area contributed by atoms with Crippen molar-refractivity contribution in [1.29, 1.82) is 0 Å². The second-order valence-electron chi connectivity index (χ2n) is 6.57. The summed E-state index contributed by atoms with van der Waals surface area (Å²) < 4.78 is 27.3. The smallest absolute Gasteiger partial charge is 0.240 e. The molecule has 0 bridgehead atoms. The van der Waals surface area contributed by atoms with Gasteiger partial charge in [0.15, 0.2) is 0 Å². The molecule has 4 nitrogen and oxygen atoms in total. The minimum atomic E-state index is -3.60. The molecule has 1 aromatic rings. The molecule has 1 rings (SSSR count). The molecule has 2 N–H and O–H groups in total. The molecule has 0 aliphatic heterocycles. The highest BCUT2D eigenvalue weighted by Crippen LogP contribution is 2.23. The molecule has 0 fully saturated rings. The average molecular weight is 313 g/mol. The molecular formula is C16H27NO3S. The van der Waals surface area contributed by atoms with Crippen LogP contribution in [0.1, 0.15) is 46.6 Å². The number of aliphatic hydroxyl groups is 1. The summed E-state index contributed by atoms with van der Waals surface area (Å²) in [5.41, 5.74) is 1.07. The Bertz CT molecular complexity index is 544. The largest absolute Gasteiger partial charge is 0.395 e. The van der Waals surface area contributed by atoms with Crippen LogP contribution in [0, 0.1) is 5.92 Å². The molecule has 5 heteroatoms. The minimum Gasteiger partial charge on any atom is -0.395 e. The van der Waals surface area contributed by atoms with Crippen LogP contribution < -0.4 is 4.72 Å². The van der Waals surface area contributed by atoms with E-state index in [0.717, 1.165) is 12.0 Å². The molecule has 0 heterocycles. The Morgan fingerprint density at radius 3 is 2.10 bits per heavy atom. The van der Waals surface area contributed by atoms with Crippen molar-refractivity contribution in [3.8, 4) is 0 Å². The Balaban J connectivity index is 2.98. The van der Waals surface area contributed by atoms with Crippen molar-refractivity contribution in [2.75, 3.05) is 6.61 Å². The Labute approximate surface area is 128 Å². The van der Waals surface area contributed by atoms with Crippen molar-refractivity contribution >= 4 is 10.0 Å². The number of sulfonamides is 1. The standard InChI is InChI=1S/C16H27NO3S/c1-6-12(2)15(11-18)17-21(19,20)14-9-7-13(8-10-14)16(3,4)5/h7-10,12,15,17-18H,6,11H2,1-5H3/t12?,15-/m1/s1. The number of aliphatic hydroxyl groups excluding tert-OH is 1. The highest BCUT2D eigenvalue weighted by Gasteiger charge is 2.23. The quantitative estimate of drug-likeness (QED) is 0.848. The summed E-state index contributed by atoms with van der Waals surface area (Å²) in [6.07, 6.45) is 0.802. The Morgan fingerprint density at radius 1 is 1.19 bits per heavy atom. The van der Waals surface area contributed by atoms with Gasteiger partial charge in [-0.15, -0.1) is 0 Å². The first-order valence-corrected chi connectivity index (χ1v) is 8.84. The summed E-state index contributed by atoms with van der Waals surface area (Å²) in [4.78, 5) is 0.234. The van der Waals surface area contributed by atoms with Crippen LogP contribution in [-0.2, 0) is 15.4 Å². The second-order valence-corrected chi connectivity index (χ2v) is 8.28. The first kappa shape index (κ1) is 18.1. The Hall–Kier alpha value is -0.910. The zero-order chi connectivity index (χ0) is 16.3. The van der Waals surface area contributed by atoms with Gasteiger partial charge in [-0.05, 0) is 29.0 Å². The molecular weight excluding hydrogens is 286 g/mol. The lowest BCUT2D eigenvalue weighted by Gasteiger charge is -2.23. The lowest BCUT2D eigenvalue weighted by Crippen LogP contribution is -2.41. The van der Waals surface area contributed by atoms with Crippen LogP contribution in [0.4, 0.5) is 0 Å². The van der Waals surface area contributed by atoms with E-state index in [1.54, 1.807) is 12.1 Å². The molecule has 1 aromatic carbocycles. The molecule has 0 aliphatic rings. The Morgan fingerprint density at radius 2 is 1.71 bits per heavy atom. The number of nitrogens with one attached hydrogen (secondary N) is 1. The van der Waals surface area contributed by atoms with Gasteiger partial charge in [-0.25, -0.2) is 13.1 Å². The van der Waals surface area contributed by atoms with Crippen LogP contribution in [0.15, 0.2) is 29.2 Å². The molecule has 0 aliphatic carbocycles. The average Bonchev–Trinajstić information content (AvgIpc) is 2.43. The highest BCUT2D eigenvalue weighted by atomic mass is 32.2. The maximum atomic E-state index is 12.4. The van der Waals surface area contributed by atoms with Gasteiger partial charge >= 0.3 is 0 Å². The molecule has 2 atom stereocenters. The molecule has 0 aromatic heterocycles. The fraction of sp³-hybridized carbons (Fsp3) is 0.625. The van der Waals surface area contributed by atoms with E-state index >= 15 is 0 Å². The van der Waals surface area contributed by atoms with E-state index < -0.39 is 16.1 Å². The molecule has 0 amide bonds. The van der Waals surface area contributed by atoms with Crippen molar-refractivity contribution in [2.24, 2.45) is 5.92 Å². The summed E-state index contributed by atoms with van der Waals surface area (Å²) >= 11 is 0. The summed E-state index contributed by atoms with van der Waals surface area (Å²) in [5, 5.41) is 9.36. The van der Waals surface area contributed by atoms with Crippen LogP contribution in [0.5, 0.6) is 0 Å². The van der Waals surface area contributed by atoms with Crippen molar-refractivity contribution in [3.05, 3.63) is 29.8 Å². The number of rotatable bonds is 6. The van der Waals surface area contributed by atoms with E-state index in [4.69, 9.17) is 0 Å². The van der Waals surface area contributed by atoms with Crippen LogP contribution in [0.25, 0.3) is 0 Å². The third-order valence-corrected chi connectivity index (χ3v) is 5.37. The third kappa shape index (κ3) is 4.80. The molecule has 1 unspecified atom stereocenters. The van der Waals surface area contributed by atoms with Gasteiger partial charge in [-0.2, -0.15) is 0 Å². The van der Waals surface area contributed by atoms with Gasteiger partial charge in [0.05, 0.1) is 11.5 Å². The van der Waals surface area contributed by atoms with Crippen molar-refractivity contribution in [1.82, 2.24) is 4.72 Å². The third-order valence-electron chi connectivity index (χ3n) is 3.86. The second kappa shape index (κ2) is 6.90. The highest BCUT2D eigenvalue weighted by molar-refractivity contribution is 7.89. The van der Waals surface area contributed by atoms with E-state index in [1.165, 1.54) is 0 Å². The summed E-state index contributed by atoms with van der Waals surface area (Å²) in [7, 11) is -3.60. The summed E-state index contributed by atoms with van der Waals surface area (Å²) in [5.74, 6) is 0.0821. The topological polar surface area (TPSA) is 66.4 Å². The monoisotopic (exact) mass is 313 g/mol. The van der Waals surface area contributed by atoms with E-state index in [9.17, 15) is 13.5 Å². The minimum absolute atomic E-state index is 0.0138. The van der Waals surface area contributed by atoms with E-state index in [-0.39, 0.29) is 22.8 Å². The zero-order valence-corrected chi connectivity index (χ0v) is 14.4. The summed E-state index contributed by atoms with van der Waals surface area (Å²) in [6, 6.07) is 6.46. The predicted molar refractivity (Wildman–Crippen MR) is 85.8 cm³/mol. The van der Waals surface area contributed by atoms with Gasteiger partial charge in [0.2, 0.25) is 10.0 Å². The maximum absolute atomic E-state index is 12.4. The normalized spacial score (nSPS) is 15.7. The SMILES string of the molecule is CCC(C)[C@@H](CO)NS(=O)(=O)c1ccc(C(C)(C)C)cc1. The number of hydrogen-bond donors (Lipinski definition) is 2. The van der Waals surface area contributed by atoms with Gasteiger partial charge in [0.25, 0.3) is 0 Å². The fourth-order valence-electron chi connectivity index (χ4n) is 2.02.